The fourth-order valence-electron chi connectivity index (χ4n) is 2.44. The standard InChI is InChI=1S/C13H25N3O/c1-2-3-6-15-7-9-16(10-8-15)13(17)12(14)11-4-5-11/h11-12H,2-10,14H2,1H3/t12-/m0/s1. The lowest BCUT2D eigenvalue weighted by molar-refractivity contribution is -0.134. The minimum absolute atomic E-state index is 0.183. The molecule has 98 valence electrons. The summed E-state index contributed by atoms with van der Waals surface area (Å²) in [5.74, 6) is 0.656. The van der Waals surface area contributed by atoms with Crippen LogP contribution in [0.15, 0.2) is 0 Å². The van der Waals surface area contributed by atoms with E-state index in [0.717, 1.165) is 39.0 Å². The number of amides is 1. The van der Waals surface area contributed by atoms with Gasteiger partial charge in [0, 0.05) is 26.2 Å². The van der Waals surface area contributed by atoms with E-state index in [1.807, 2.05) is 4.90 Å². The number of nitrogens with two attached hydrogens (primary N) is 1. The molecule has 0 aromatic rings. The van der Waals surface area contributed by atoms with Crippen LogP contribution in [0.2, 0.25) is 0 Å². The number of rotatable bonds is 5. The lowest BCUT2D eigenvalue weighted by Crippen LogP contribution is -2.53. The molecule has 2 aliphatic rings. The second-order valence-corrected chi connectivity index (χ2v) is 5.38. The molecular formula is C13H25N3O. The Kier molecular flexibility index (Phi) is 4.40. The lowest BCUT2D eigenvalue weighted by Gasteiger charge is -2.35. The Balaban J connectivity index is 1.72. The molecule has 4 heteroatoms. The number of hydrogen-bond acceptors (Lipinski definition) is 3. The first-order valence-corrected chi connectivity index (χ1v) is 6.99. The van der Waals surface area contributed by atoms with Crippen molar-refractivity contribution in [1.82, 2.24) is 9.80 Å². The molecule has 2 fully saturated rings. The third-order valence-electron chi connectivity index (χ3n) is 3.93. The Morgan fingerprint density at radius 1 is 1.29 bits per heavy atom. The zero-order chi connectivity index (χ0) is 12.3. The van der Waals surface area contributed by atoms with E-state index in [1.165, 1.54) is 19.4 Å². The summed E-state index contributed by atoms with van der Waals surface area (Å²) in [5, 5.41) is 0. The van der Waals surface area contributed by atoms with Crippen molar-refractivity contribution in [3.63, 3.8) is 0 Å². The van der Waals surface area contributed by atoms with Gasteiger partial charge in [-0.2, -0.15) is 0 Å². The average molecular weight is 239 g/mol. The summed E-state index contributed by atoms with van der Waals surface area (Å²) in [6.45, 7) is 7.15. The average Bonchev–Trinajstić information content (AvgIpc) is 3.19. The van der Waals surface area contributed by atoms with Crippen molar-refractivity contribution in [2.24, 2.45) is 11.7 Å². The molecule has 0 bridgehead atoms. The van der Waals surface area contributed by atoms with Crippen LogP contribution in [0.3, 0.4) is 0 Å². The third-order valence-corrected chi connectivity index (χ3v) is 3.93. The molecule has 2 N–H and O–H groups in total. The van der Waals surface area contributed by atoms with E-state index < -0.39 is 0 Å². The second kappa shape index (κ2) is 5.83. The van der Waals surface area contributed by atoms with Crippen LogP contribution < -0.4 is 5.73 Å². The topological polar surface area (TPSA) is 49.6 Å². The van der Waals surface area contributed by atoms with Crippen molar-refractivity contribution in [1.29, 1.82) is 0 Å². The molecule has 0 aromatic carbocycles. The zero-order valence-corrected chi connectivity index (χ0v) is 10.9. The quantitative estimate of drug-likeness (QED) is 0.767. The highest BCUT2D eigenvalue weighted by Crippen LogP contribution is 2.32. The van der Waals surface area contributed by atoms with E-state index in [4.69, 9.17) is 5.73 Å². The number of hydrogen-bond donors (Lipinski definition) is 1. The summed E-state index contributed by atoms with van der Waals surface area (Å²) in [5.41, 5.74) is 5.96. The van der Waals surface area contributed by atoms with E-state index >= 15 is 0 Å². The van der Waals surface area contributed by atoms with Gasteiger partial charge in [-0.25, -0.2) is 0 Å². The predicted octanol–water partition coefficient (Wildman–Crippen LogP) is 0.668. The van der Waals surface area contributed by atoms with E-state index in [9.17, 15) is 4.79 Å². The van der Waals surface area contributed by atoms with Crippen LogP contribution in [0.4, 0.5) is 0 Å². The lowest BCUT2D eigenvalue weighted by atomic mass is 10.1. The summed E-state index contributed by atoms with van der Waals surface area (Å²) in [6.07, 6.45) is 4.79. The Labute approximate surface area is 104 Å². The molecule has 0 aromatic heterocycles. The van der Waals surface area contributed by atoms with E-state index in [2.05, 4.69) is 11.8 Å². The van der Waals surface area contributed by atoms with Gasteiger partial charge in [-0.15, -0.1) is 0 Å². The molecular weight excluding hydrogens is 214 g/mol. The molecule has 1 aliphatic heterocycles. The maximum atomic E-state index is 12.1. The van der Waals surface area contributed by atoms with Crippen LogP contribution in [-0.4, -0.2) is 54.5 Å². The van der Waals surface area contributed by atoms with Gasteiger partial charge in [-0.1, -0.05) is 13.3 Å². The van der Waals surface area contributed by atoms with E-state index in [1.54, 1.807) is 0 Å². The summed E-state index contributed by atoms with van der Waals surface area (Å²) in [6, 6.07) is -0.225. The maximum absolute atomic E-state index is 12.1. The van der Waals surface area contributed by atoms with Gasteiger partial charge in [-0.3, -0.25) is 9.69 Å². The smallest absolute Gasteiger partial charge is 0.239 e. The highest BCUT2D eigenvalue weighted by atomic mass is 16.2. The molecule has 17 heavy (non-hydrogen) atoms. The molecule has 0 radical (unpaired) electrons. The SMILES string of the molecule is CCCCN1CCN(C(=O)[C@@H](N)C2CC2)CC1. The van der Waals surface area contributed by atoms with Gasteiger partial charge in [-0.05, 0) is 31.7 Å². The van der Waals surface area contributed by atoms with Crippen molar-refractivity contribution in [3.05, 3.63) is 0 Å². The Morgan fingerprint density at radius 3 is 2.47 bits per heavy atom. The minimum Gasteiger partial charge on any atom is -0.339 e. The molecule has 1 heterocycles. The van der Waals surface area contributed by atoms with Crippen LogP contribution in [0.1, 0.15) is 32.6 Å². The van der Waals surface area contributed by atoms with Gasteiger partial charge in [0.2, 0.25) is 5.91 Å². The zero-order valence-electron chi connectivity index (χ0n) is 10.9. The highest BCUT2D eigenvalue weighted by molar-refractivity contribution is 5.82. The first kappa shape index (κ1) is 12.8. The molecule has 4 nitrogen and oxygen atoms in total. The molecule has 0 unspecified atom stereocenters. The molecule has 1 atom stereocenters. The van der Waals surface area contributed by atoms with Gasteiger partial charge in [0.05, 0.1) is 6.04 Å². The van der Waals surface area contributed by atoms with Gasteiger partial charge in [0.25, 0.3) is 0 Å². The monoisotopic (exact) mass is 239 g/mol. The van der Waals surface area contributed by atoms with Crippen molar-refractivity contribution in [2.75, 3.05) is 32.7 Å². The Bertz CT molecular complexity index is 257. The summed E-state index contributed by atoms with van der Waals surface area (Å²) in [7, 11) is 0. The van der Waals surface area contributed by atoms with Gasteiger partial charge in [0.1, 0.15) is 0 Å². The van der Waals surface area contributed by atoms with Gasteiger partial charge < -0.3 is 10.6 Å². The number of carbonyl (C=O) groups excluding carboxylic acids is 1. The number of carbonyl (C=O) groups is 1. The molecule has 0 spiro atoms. The molecule has 1 amide bonds. The third kappa shape index (κ3) is 3.42. The number of unbranched alkanes of at least 4 members (excludes halogenated alkanes) is 1. The summed E-state index contributed by atoms with van der Waals surface area (Å²) >= 11 is 0. The summed E-state index contributed by atoms with van der Waals surface area (Å²) in [4.78, 5) is 16.5. The molecule has 1 saturated carbocycles. The maximum Gasteiger partial charge on any atom is 0.239 e. The number of piperazine rings is 1. The van der Waals surface area contributed by atoms with E-state index in [0.29, 0.717) is 5.92 Å². The van der Waals surface area contributed by atoms with Crippen LogP contribution in [0, 0.1) is 5.92 Å². The Morgan fingerprint density at radius 2 is 1.94 bits per heavy atom. The van der Waals surface area contributed by atoms with Crippen LogP contribution in [-0.2, 0) is 4.79 Å². The largest absolute Gasteiger partial charge is 0.339 e. The van der Waals surface area contributed by atoms with Crippen LogP contribution in [0.5, 0.6) is 0 Å². The first-order chi connectivity index (χ1) is 8.22. The molecule has 2 rings (SSSR count). The Hall–Kier alpha value is -0.610. The number of nitrogens with zero attached hydrogens (tertiary/aromatic N) is 2. The fraction of sp³-hybridized carbons (Fsp3) is 0.923. The highest BCUT2D eigenvalue weighted by Gasteiger charge is 2.36. The van der Waals surface area contributed by atoms with Crippen molar-refractivity contribution in [2.45, 2.75) is 38.6 Å². The predicted molar refractivity (Wildman–Crippen MR) is 68.6 cm³/mol. The van der Waals surface area contributed by atoms with E-state index in [-0.39, 0.29) is 11.9 Å². The minimum atomic E-state index is -0.225. The van der Waals surface area contributed by atoms with Crippen molar-refractivity contribution >= 4 is 5.91 Å². The summed E-state index contributed by atoms with van der Waals surface area (Å²) < 4.78 is 0. The van der Waals surface area contributed by atoms with Crippen molar-refractivity contribution in [3.8, 4) is 0 Å². The van der Waals surface area contributed by atoms with Gasteiger partial charge in [0.15, 0.2) is 0 Å². The second-order valence-electron chi connectivity index (χ2n) is 5.38. The van der Waals surface area contributed by atoms with Crippen molar-refractivity contribution < 1.29 is 4.79 Å². The molecule has 1 aliphatic carbocycles. The molecule has 1 saturated heterocycles. The normalized spacial score (nSPS) is 23.8. The van der Waals surface area contributed by atoms with Crippen LogP contribution >= 0.6 is 0 Å². The van der Waals surface area contributed by atoms with Crippen LogP contribution in [0.25, 0.3) is 0 Å². The fourth-order valence-corrected chi connectivity index (χ4v) is 2.44. The van der Waals surface area contributed by atoms with Gasteiger partial charge >= 0.3 is 0 Å². The first-order valence-electron chi connectivity index (χ1n) is 6.99.